The van der Waals surface area contributed by atoms with Gasteiger partial charge < -0.3 is 18.9 Å². The Kier molecular flexibility index (Phi) is 4.86. The second-order valence-electron chi connectivity index (χ2n) is 5.31. The van der Waals surface area contributed by atoms with E-state index in [0.717, 1.165) is 34.5 Å². The van der Waals surface area contributed by atoms with Crippen molar-refractivity contribution in [1.82, 2.24) is 0 Å². The van der Waals surface area contributed by atoms with Crippen molar-refractivity contribution in [2.75, 3.05) is 21.0 Å². The average molecular weight is 332 g/mol. The molecular weight excluding hydrogens is 312 g/mol. The molecule has 23 heavy (non-hydrogen) atoms. The standard InChI is InChI=1S/C18H20O4S/c1-12-6-16(19-2)17(20-3)8-14(12)10-23-9-13-4-5-15-18(7-13)22-11-21-15/h4-8H,9-11H2,1-3H3. The zero-order valence-corrected chi connectivity index (χ0v) is 14.4. The van der Waals surface area contributed by atoms with Crippen molar-refractivity contribution in [1.29, 1.82) is 0 Å². The van der Waals surface area contributed by atoms with Crippen LogP contribution >= 0.6 is 11.8 Å². The molecule has 0 bridgehead atoms. The summed E-state index contributed by atoms with van der Waals surface area (Å²) >= 11 is 1.86. The number of methoxy groups -OCH3 is 2. The van der Waals surface area contributed by atoms with E-state index in [-0.39, 0.29) is 0 Å². The van der Waals surface area contributed by atoms with Gasteiger partial charge in [0.05, 0.1) is 14.2 Å². The maximum atomic E-state index is 5.42. The lowest BCUT2D eigenvalue weighted by Crippen LogP contribution is -1.95. The zero-order valence-electron chi connectivity index (χ0n) is 13.5. The maximum Gasteiger partial charge on any atom is 0.231 e. The summed E-state index contributed by atoms with van der Waals surface area (Å²) in [4.78, 5) is 0. The highest BCUT2D eigenvalue weighted by Gasteiger charge is 2.13. The average Bonchev–Trinajstić information content (AvgIpc) is 3.03. The Balaban J connectivity index is 1.64. The number of aryl methyl sites for hydroxylation is 1. The summed E-state index contributed by atoms with van der Waals surface area (Å²) in [6.07, 6.45) is 0. The molecule has 0 aliphatic carbocycles. The van der Waals surface area contributed by atoms with Crippen LogP contribution in [0.3, 0.4) is 0 Å². The molecule has 1 heterocycles. The third kappa shape index (κ3) is 3.50. The van der Waals surface area contributed by atoms with Gasteiger partial charge in [0.2, 0.25) is 6.79 Å². The normalized spacial score (nSPS) is 12.3. The van der Waals surface area contributed by atoms with Crippen molar-refractivity contribution < 1.29 is 18.9 Å². The Morgan fingerprint density at radius 1 is 0.957 bits per heavy atom. The lowest BCUT2D eigenvalue weighted by Gasteiger charge is -2.12. The smallest absolute Gasteiger partial charge is 0.231 e. The molecule has 1 aliphatic rings. The Labute approximate surface area is 140 Å². The van der Waals surface area contributed by atoms with Crippen LogP contribution in [0.1, 0.15) is 16.7 Å². The Morgan fingerprint density at radius 2 is 1.70 bits per heavy atom. The molecule has 4 nitrogen and oxygen atoms in total. The molecule has 0 unspecified atom stereocenters. The molecule has 3 rings (SSSR count). The van der Waals surface area contributed by atoms with Crippen LogP contribution in [0.4, 0.5) is 0 Å². The van der Waals surface area contributed by atoms with Crippen LogP contribution in [-0.2, 0) is 11.5 Å². The summed E-state index contributed by atoms with van der Waals surface area (Å²) in [6, 6.07) is 10.2. The third-order valence-corrected chi connectivity index (χ3v) is 4.86. The number of rotatable bonds is 6. The van der Waals surface area contributed by atoms with E-state index < -0.39 is 0 Å². The van der Waals surface area contributed by atoms with Gasteiger partial charge in [-0.05, 0) is 47.9 Å². The first-order chi connectivity index (χ1) is 11.2. The van der Waals surface area contributed by atoms with Gasteiger partial charge in [-0.2, -0.15) is 11.8 Å². The van der Waals surface area contributed by atoms with Crippen molar-refractivity contribution >= 4 is 11.8 Å². The minimum atomic E-state index is 0.316. The second-order valence-corrected chi connectivity index (χ2v) is 6.30. The molecule has 0 spiro atoms. The van der Waals surface area contributed by atoms with E-state index in [1.165, 1.54) is 16.7 Å². The monoisotopic (exact) mass is 332 g/mol. The van der Waals surface area contributed by atoms with E-state index in [2.05, 4.69) is 25.1 Å². The highest BCUT2D eigenvalue weighted by Crippen LogP contribution is 2.35. The number of benzene rings is 2. The number of hydrogen-bond acceptors (Lipinski definition) is 5. The highest BCUT2D eigenvalue weighted by molar-refractivity contribution is 7.97. The first-order valence-electron chi connectivity index (χ1n) is 7.39. The van der Waals surface area contributed by atoms with Gasteiger partial charge in [-0.15, -0.1) is 0 Å². The van der Waals surface area contributed by atoms with Crippen LogP contribution < -0.4 is 18.9 Å². The molecule has 0 aromatic heterocycles. The van der Waals surface area contributed by atoms with E-state index >= 15 is 0 Å². The minimum Gasteiger partial charge on any atom is -0.493 e. The first-order valence-corrected chi connectivity index (χ1v) is 8.54. The van der Waals surface area contributed by atoms with Gasteiger partial charge in [-0.1, -0.05) is 6.07 Å². The van der Waals surface area contributed by atoms with Gasteiger partial charge in [-0.25, -0.2) is 0 Å². The van der Waals surface area contributed by atoms with Crippen molar-refractivity contribution in [2.24, 2.45) is 0 Å². The molecule has 0 atom stereocenters. The molecule has 0 N–H and O–H groups in total. The van der Waals surface area contributed by atoms with Crippen molar-refractivity contribution in [2.45, 2.75) is 18.4 Å². The van der Waals surface area contributed by atoms with Crippen molar-refractivity contribution in [3.63, 3.8) is 0 Å². The van der Waals surface area contributed by atoms with Gasteiger partial charge in [0.1, 0.15) is 0 Å². The quantitative estimate of drug-likeness (QED) is 0.793. The van der Waals surface area contributed by atoms with Gasteiger partial charge in [0.15, 0.2) is 23.0 Å². The van der Waals surface area contributed by atoms with Gasteiger partial charge in [0.25, 0.3) is 0 Å². The summed E-state index contributed by atoms with van der Waals surface area (Å²) < 4.78 is 21.5. The summed E-state index contributed by atoms with van der Waals surface area (Å²) in [5.74, 6) is 5.05. The van der Waals surface area contributed by atoms with E-state index in [0.29, 0.717) is 6.79 Å². The van der Waals surface area contributed by atoms with Gasteiger partial charge in [-0.3, -0.25) is 0 Å². The molecule has 1 aliphatic heterocycles. The zero-order chi connectivity index (χ0) is 16.2. The van der Waals surface area contributed by atoms with Gasteiger partial charge >= 0.3 is 0 Å². The predicted molar refractivity (Wildman–Crippen MR) is 91.8 cm³/mol. The summed E-state index contributed by atoms with van der Waals surface area (Å²) in [7, 11) is 3.32. The second kappa shape index (κ2) is 7.04. The van der Waals surface area contributed by atoms with E-state index in [1.54, 1.807) is 14.2 Å². The molecule has 122 valence electrons. The first kappa shape index (κ1) is 15.9. The fourth-order valence-electron chi connectivity index (χ4n) is 2.49. The highest BCUT2D eigenvalue weighted by atomic mass is 32.2. The number of ether oxygens (including phenoxy) is 4. The molecule has 2 aromatic rings. The SMILES string of the molecule is COc1cc(C)c(CSCc2ccc3c(c2)OCO3)cc1OC. The molecule has 0 amide bonds. The molecule has 0 saturated carbocycles. The number of fused-ring (bicyclic) bond motifs is 1. The van der Waals surface area contributed by atoms with E-state index in [1.807, 2.05) is 23.9 Å². The Bertz CT molecular complexity index is 700. The fourth-order valence-corrected chi connectivity index (χ4v) is 3.54. The van der Waals surface area contributed by atoms with Crippen LogP contribution in [0, 0.1) is 6.92 Å². The van der Waals surface area contributed by atoms with Crippen molar-refractivity contribution in [3.05, 3.63) is 47.0 Å². The summed E-state index contributed by atoms with van der Waals surface area (Å²) in [5, 5.41) is 0. The molecular formula is C18H20O4S. The Morgan fingerprint density at radius 3 is 2.48 bits per heavy atom. The van der Waals surface area contributed by atoms with E-state index in [9.17, 15) is 0 Å². The van der Waals surface area contributed by atoms with E-state index in [4.69, 9.17) is 18.9 Å². The molecule has 0 radical (unpaired) electrons. The fraction of sp³-hybridized carbons (Fsp3) is 0.333. The predicted octanol–water partition coefficient (Wildman–Crippen LogP) is 4.17. The lowest BCUT2D eigenvalue weighted by molar-refractivity contribution is 0.174. The molecule has 2 aromatic carbocycles. The van der Waals surface area contributed by atoms with Gasteiger partial charge in [0, 0.05) is 11.5 Å². The van der Waals surface area contributed by atoms with Crippen LogP contribution in [0.15, 0.2) is 30.3 Å². The molecule has 0 saturated heterocycles. The maximum absolute atomic E-state index is 5.42. The summed E-state index contributed by atoms with van der Waals surface area (Å²) in [6.45, 7) is 2.41. The molecule has 5 heteroatoms. The van der Waals surface area contributed by atoms with Crippen LogP contribution in [-0.4, -0.2) is 21.0 Å². The van der Waals surface area contributed by atoms with Crippen LogP contribution in [0.5, 0.6) is 23.0 Å². The lowest BCUT2D eigenvalue weighted by atomic mass is 10.1. The topological polar surface area (TPSA) is 36.9 Å². The van der Waals surface area contributed by atoms with Crippen LogP contribution in [0.2, 0.25) is 0 Å². The number of hydrogen-bond donors (Lipinski definition) is 0. The summed E-state index contributed by atoms with van der Waals surface area (Å²) in [5.41, 5.74) is 3.70. The minimum absolute atomic E-state index is 0.316. The number of thioether (sulfide) groups is 1. The van der Waals surface area contributed by atoms with Crippen molar-refractivity contribution in [3.8, 4) is 23.0 Å². The van der Waals surface area contributed by atoms with Crippen LogP contribution in [0.25, 0.3) is 0 Å². The Hall–Kier alpha value is -2.01. The third-order valence-electron chi connectivity index (χ3n) is 3.81. The molecule has 0 fully saturated rings. The largest absolute Gasteiger partial charge is 0.493 e.